The first-order valence-electron chi connectivity index (χ1n) is 9.95. The van der Waals surface area contributed by atoms with Gasteiger partial charge in [0.2, 0.25) is 0 Å². The van der Waals surface area contributed by atoms with Crippen molar-refractivity contribution in [1.82, 2.24) is 0 Å². The van der Waals surface area contributed by atoms with Gasteiger partial charge >= 0.3 is 0 Å². The summed E-state index contributed by atoms with van der Waals surface area (Å²) in [5.74, 6) is 0. The maximum absolute atomic E-state index is 2.57. The van der Waals surface area contributed by atoms with Gasteiger partial charge in [0.1, 0.15) is 0 Å². The van der Waals surface area contributed by atoms with Crippen LogP contribution >= 0.6 is 7.92 Å². The number of rotatable bonds is 4. The molecule has 3 fully saturated rings. The summed E-state index contributed by atoms with van der Waals surface area (Å²) in [7, 11) is 0.232. The minimum absolute atomic E-state index is 0. The molecule has 0 spiro atoms. The van der Waals surface area contributed by atoms with Gasteiger partial charge in [-0.1, -0.05) is 75.6 Å². The van der Waals surface area contributed by atoms with Gasteiger partial charge in [-0.15, -0.1) is 0 Å². The smallest absolute Gasteiger partial charge is 0.000900 e. The third kappa shape index (κ3) is 4.22. The third-order valence-corrected chi connectivity index (χ3v) is 10.4. The molecule has 3 aliphatic rings. The Morgan fingerprint density at radius 3 is 1.92 bits per heavy atom. The van der Waals surface area contributed by atoms with Gasteiger partial charge in [-0.25, -0.2) is 0 Å². The Labute approximate surface area is 162 Å². The van der Waals surface area contributed by atoms with Crippen LogP contribution in [0.15, 0.2) is 35.9 Å². The molecule has 24 heavy (non-hydrogen) atoms. The van der Waals surface area contributed by atoms with E-state index in [1.807, 2.05) is 5.57 Å². The molecule has 0 N–H and O–H groups in total. The third-order valence-electron chi connectivity index (χ3n) is 6.38. The normalized spacial score (nSPS) is 27.2. The van der Waals surface area contributed by atoms with Crippen molar-refractivity contribution in [3.05, 3.63) is 41.5 Å². The molecule has 3 aliphatic carbocycles. The van der Waals surface area contributed by atoms with Gasteiger partial charge in [-0.3, -0.25) is 0 Å². The monoisotopic (exact) mass is 428 g/mol. The first-order valence-corrected chi connectivity index (χ1v) is 11.5. The summed E-state index contributed by atoms with van der Waals surface area (Å²) in [4.78, 5) is 0. The van der Waals surface area contributed by atoms with E-state index in [-0.39, 0.29) is 27.4 Å². The van der Waals surface area contributed by atoms with E-state index in [4.69, 9.17) is 0 Å². The largest absolute Gasteiger partial charge is 0.0930 e. The molecule has 4 rings (SSSR count). The zero-order chi connectivity index (χ0) is 15.5. The molecule has 2 heteroatoms. The average Bonchev–Trinajstić information content (AvgIpc) is 3.33. The van der Waals surface area contributed by atoms with Gasteiger partial charge < -0.3 is 0 Å². The quantitative estimate of drug-likeness (QED) is 0.359. The van der Waals surface area contributed by atoms with Crippen molar-refractivity contribution >= 4 is 14.0 Å². The molecule has 0 bridgehead atoms. The van der Waals surface area contributed by atoms with Crippen molar-refractivity contribution in [2.75, 3.05) is 0 Å². The molecule has 0 aliphatic heterocycles. The van der Waals surface area contributed by atoms with Crippen molar-refractivity contribution in [3.8, 4) is 0 Å². The number of hydrogen-bond donors (Lipinski definition) is 0. The minimum Gasteiger partial charge on any atom is -0.0930 e. The van der Waals surface area contributed by atoms with E-state index in [0.717, 1.165) is 17.0 Å². The fourth-order valence-corrected chi connectivity index (χ4v) is 9.94. The van der Waals surface area contributed by atoms with E-state index in [9.17, 15) is 0 Å². The van der Waals surface area contributed by atoms with Crippen LogP contribution in [0.25, 0.3) is 6.08 Å². The summed E-state index contributed by atoms with van der Waals surface area (Å²) in [6.07, 6.45) is 19.2. The van der Waals surface area contributed by atoms with Gasteiger partial charge in [-0.2, -0.15) is 0 Å². The molecule has 1 aromatic carbocycles. The van der Waals surface area contributed by atoms with Crippen molar-refractivity contribution in [1.29, 1.82) is 0 Å². The van der Waals surface area contributed by atoms with E-state index in [2.05, 4.69) is 36.4 Å². The van der Waals surface area contributed by atoms with Gasteiger partial charge in [0.05, 0.1) is 0 Å². The molecule has 1 atom stereocenters. The zero-order valence-corrected chi connectivity index (χ0v) is 17.4. The summed E-state index contributed by atoms with van der Waals surface area (Å²) in [5.41, 5.74) is 6.44. The molecule has 0 radical (unpaired) electrons. The SMILES string of the molecule is C(=C1CCCC1P(C1CCCC1)C1CCCC1)c1ccccc1.[Ru]. The van der Waals surface area contributed by atoms with E-state index in [0.29, 0.717) is 0 Å². The van der Waals surface area contributed by atoms with Crippen LogP contribution in [0.2, 0.25) is 0 Å². The molecule has 1 unspecified atom stereocenters. The molecule has 0 amide bonds. The Kier molecular flexibility index (Phi) is 7.12. The second-order valence-electron chi connectivity index (χ2n) is 7.86. The Balaban J connectivity index is 0.00000169. The molecule has 0 aromatic heterocycles. The number of hydrogen-bond acceptors (Lipinski definition) is 0. The maximum atomic E-state index is 2.57. The number of benzene rings is 1. The van der Waals surface area contributed by atoms with E-state index in [1.165, 1.54) is 50.5 Å². The maximum Gasteiger partial charge on any atom is 0.000900 e. The van der Waals surface area contributed by atoms with E-state index >= 15 is 0 Å². The summed E-state index contributed by atoms with van der Waals surface area (Å²) in [6.45, 7) is 0. The summed E-state index contributed by atoms with van der Waals surface area (Å²) in [6, 6.07) is 11.1. The summed E-state index contributed by atoms with van der Waals surface area (Å²) >= 11 is 0. The van der Waals surface area contributed by atoms with Crippen LogP contribution in [0.3, 0.4) is 0 Å². The topological polar surface area (TPSA) is 0 Å². The zero-order valence-electron chi connectivity index (χ0n) is 14.8. The molecule has 1 aromatic rings. The molecule has 3 saturated carbocycles. The van der Waals surface area contributed by atoms with Crippen LogP contribution in [-0.2, 0) is 19.5 Å². The van der Waals surface area contributed by atoms with Gasteiger partial charge in [0.15, 0.2) is 0 Å². The standard InChI is InChI=1S/C22H31P.Ru/c1-2-9-18(10-3-1)17-19-11-8-16-22(19)23(20-12-4-5-13-20)21-14-6-7-15-21;/h1-3,9-10,17,20-22H,4-8,11-16H2;. The van der Waals surface area contributed by atoms with E-state index < -0.39 is 0 Å². The molecular formula is C22H31PRu. The molecule has 132 valence electrons. The Bertz CT molecular complexity index is 510. The average molecular weight is 428 g/mol. The van der Waals surface area contributed by atoms with Crippen molar-refractivity contribution < 1.29 is 19.5 Å². The Morgan fingerprint density at radius 1 is 0.750 bits per heavy atom. The molecule has 0 heterocycles. The summed E-state index contributed by atoms with van der Waals surface area (Å²) in [5, 5.41) is 0. The van der Waals surface area contributed by atoms with Crippen molar-refractivity contribution in [2.24, 2.45) is 0 Å². The van der Waals surface area contributed by atoms with Crippen LogP contribution in [0.4, 0.5) is 0 Å². The first-order chi connectivity index (χ1) is 11.4. The van der Waals surface area contributed by atoms with Gasteiger partial charge in [-0.05, 0) is 61.8 Å². The van der Waals surface area contributed by atoms with E-state index in [1.54, 1.807) is 25.7 Å². The van der Waals surface area contributed by atoms with Gasteiger partial charge in [0.25, 0.3) is 0 Å². The van der Waals surface area contributed by atoms with Crippen LogP contribution < -0.4 is 0 Å². The van der Waals surface area contributed by atoms with Gasteiger partial charge in [0, 0.05) is 25.1 Å². The summed E-state index contributed by atoms with van der Waals surface area (Å²) < 4.78 is 0. The Morgan fingerprint density at radius 2 is 1.33 bits per heavy atom. The molecule has 0 nitrogen and oxygen atoms in total. The predicted molar refractivity (Wildman–Crippen MR) is 103 cm³/mol. The second-order valence-corrected chi connectivity index (χ2v) is 10.8. The number of allylic oxidation sites excluding steroid dienone is 1. The molecular weight excluding hydrogens is 396 g/mol. The fraction of sp³-hybridized carbons (Fsp3) is 0.636. The van der Waals surface area contributed by atoms with Crippen LogP contribution in [0.1, 0.15) is 76.2 Å². The van der Waals surface area contributed by atoms with Crippen molar-refractivity contribution in [2.45, 2.75) is 87.6 Å². The Hall–Kier alpha value is 0.0134. The van der Waals surface area contributed by atoms with Crippen LogP contribution in [0, 0.1) is 0 Å². The first kappa shape index (κ1) is 18.8. The predicted octanol–water partition coefficient (Wildman–Crippen LogP) is 6.99. The van der Waals surface area contributed by atoms with Crippen LogP contribution in [-0.4, -0.2) is 17.0 Å². The van der Waals surface area contributed by atoms with Crippen LogP contribution in [0.5, 0.6) is 0 Å². The molecule has 0 saturated heterocycles. The second kappa shape index (κ2) is 9.10. The van der Waals surface area contributed by atoms with Crippen molar-refractivity contribution in [3.63, 3.8) is 0 Å². The minimum atomic E-state index is 0. The fourth-order valence-electron chi connectivity index (χ4n) is 5.34.